The Bertz CT molecular complexity index is 1290. The van der Waals surface area contributed by atoms with E-state index in [1.165, 1.54) is 19.1 Å². The number of hydrogen-bond donors (Lipinski definition) is 2. The molecule has 2 atom stereocenters. The molecule has 1 aliphatic heterocycles. The second-order valence-electron chi connectivity index (χ2n) is 8.46. The molecule has 0 bridgehead atoms. The second kappa shape index (κ2) is 9.61. The molecule has 1 aromatic carbocycles. The molecule has 2 aromatic heterocycles. The zero-order valence-electron chi connectivity index (χ0n) is 19.1. The van der Waals surface area contributed by atoms with Gasteiger partial charge in [0, 0.05) is 35.9 Å². The van der Waals surface area contributed by atoms with Crippen molar-refractivity contribution < 1.29 is 27.5 Å². The Morgan fingerprint density at radius 1 is 1.20 bits per heavy atom. The monoisotopic (exact) mass is 488 g/mol. The highest BCUT2D eigenvalue weighted by Crippen LogP contribution is 2.35. The van der Waals surface area contributed by atoms with E-state index in [0.29, 0.717) is 41.8 Å². The molecule has 3 aromatic rings. The Morgan fingerprint density at radius 3 is 2.63 bits per heavy atom. The molecule has 0 saturated heterocycles. The minimum absolute atomic E-state index is 0.100. The summed E-state index contributed by atoms with van der Waals surface area (Å²) in [7, 11) is 0. The van der Waals surface area contributed by atoms with Crippen molar-refractivity contribution in [2.75, 3.05) is 18.4 Å². The van der Waals surface area contributed by atoms with Crippen molar-refractivity contribution in [2.24, 2.45) is 0 Å². The van der Waals surface area contributed by atoms with Gasteiger partial charge in [0.2, 0.25) is 0 Å². The Morgan fingerprint density at radius 2 is 1.97 bits per heavy atom. The molecule has 0 fully saturated rings. The lowest BCUT2D eigenvalue weighted by Gasteiger charge is -2.27. The first kappa shape index (κ1) is 24.6. The zero-order chi connectivity index (χ0) is 25.3. The molecule has 35 heavy (non-hydrogen) atoms. The number of halogens is 4. The van der Waals surface area contributed by atoms with Gasteiger partial charge in [0.15, 0.2) is 0 Å². The number of hydrogen-bond acceptors (Lipinski definition) is 5. The molecule has 6 nitrogen and oxygen atoms in total. The highest BCUT2D eigenvalue weighted by atomic mass is 19.4. The molecule has 1 amide bonds. The minimum atomic E-state index is -4.78. The molecule has 0 radical (unpaired) electrons. The van der Waals surface area contributed by atoms with Crippen LogP contribution >= 0.6 is 0 Å². The average molecular weight is 488 g/mol. The standard InChI is InChI=1S/C25H24F4N4O2/c1-14(17-4-3-5-19(23(17)26)25(27,28)29)32-20-6-9-30-22-13-31-21(12-18(20)22)16-7-10-33(11-8-16)24(35)15(2)34/h3-7,9,12-15,34H,8,10-11H2,1-2H3,(H,30,32)/t14-,15+/m1/s1. The lowest BCUT2D eigenvalue weighted by Crippen LogP contribution is -2.40. The van der Waals surface area contributed by atoms with Crippen LogP contribution in [0, 0.1) is 5.82 Å². The highest BCUT2D eigenvalue weighted by molar-refractivity contribution is 5.92. The minimum Gasteiger partial charge on any atom is -0.384 e. The first-order valence-electron chi connectivity index (χ1n) is 11.1. The van der Waals surface area contributed by atoms with E-state index in [0.717, 1.165) is 11.6 Å². The quantitative estimate of drug-likeness (QED) is 0.497. The van der Waals surface area contributed by atoms with Gasteiger partial charge in [-0.05, 0) is 44.0 Å². The number of benzene rings is 1. The van der Waals surface area contributed by atoms with Gasteiger partial charge < -0.3 is 15.3 Å². The van der Waals surface area contributed by atoms with E-state index < -0.39 is 29.7 Å². The summed E-state index contributed by atoms with van der Waals surface area (Å²) >= 11 is 0. The van der Waals surface area contributed by atoms with Crippen LogP contribution in [0.15, 0.2) is 48.8 Å². The van der Waals surface area contributed by atoms with Crippen molar-refractivity contribution in [2.45, 2.75) is 38.6 Å². The molecule has 10 heteroatoms. The van der Waals surface area contributed by atoms with Crippen LogP contribution < -0.4 is 5.32 Å². The van der Waals surface area contributed by atoms with E-state index in [1.807, 2.05) is 12.1 Å². The summed E-state index contributed by atoms with van der Waals surface area (Å²) in [5, 5.41) is 13.3. The first-order chi connectivity index (χ1) is 16.6. The van der Waals surface area contributed by atoms with E-state index in [1.54, 1.807) is 30.3 Å². The zero-order valence-corrected chi connectivity index (χ0v) is 19.1. The van der Waals surface area contributed by atoms with Crippen LogP contribution in [0.1, 0.15) is 43.1 Å². The molecule has 3 heterocycles. The number of anilines is 1. The van der Waals surface area contributed by atoms with Gasteiger partial charge in [0.05, 0.1) is 29.0 Å². The van der Waals surface area contributed by atoms with E-state index in [4.69, 9.17) is 0 Å². The van der Waals surface area contributed by atoms with Crippen molar-refractivity contribution in [3.05, 3.63) is 71.4 Å². The number of amides is 1. The number of aliphatic hydroxyl groups excluding tert-OH is 1. The third kappa shape index (κ3) is 5.12. The number of aromatic nitrogens is 2. The highest BCUT2D eigenvalue weighted by Gasteiger charge is 2.35. The molecule has 0 unspecified atom stereocenters. The number of pyridine rings is 2. The summed E-state index contributed by atoms with van der Waals surface area (Å²) < 4.78 is 54.1. The van der Waals surface area contributed by atoms with Crippen molar-refractivity contribution in [3.8, 4) is 0 Å². The van der Waals surface area contributed by atoms with E-state index in [-0.39, 0.29) is 11.5 Å². The number of rotatable bonds is 5. The van der Waals surface area contributed by atoms with Gasteiger partial charge in [0.1, 0.15) is 11.9 Å². The maximum atomic E-state index is 14.6. The summed E-state index contributed by atoms with van der Waals surface area (Å²) in [5.41, 5.74) is 1.34. The van der Waals surface area contributed by atoms with Gasteiger partial charge in [-0.3, -0.25) is 14.8 Å². The molecule has 0 saturated carbocycles. The molecule has 4 rings (SSSR count). The number of aliphatic hydroxyl groups is 1. The number of nitrogens with one attached hydrogen (secondary N) is 1. The van der Waals surface area contributed by atoms with Crippen molar-refractivity contribution in [1.29, 1.82) is 0 Å². The second-order valence-corrected chi connectivity index (χ2v) is 8.46. The van der Waals surface area contributed by atoms with Crippen LogP contribution in [0.2, 0.25) is 0 Å². The van der Waals surface area contributed by atoms with Gasteiger partial charge in [-0.25, -0.2) is 4.39 Å². The van der Waals surface area contributed by atoms with E-state index >= 15 is 0 Å². The molecule has 2 N–H and O–H groups in total. The van der Waals surface area contributed by atoms with Gasteiger partial charge >= 0.3 is 6.18 Å². The molecule has 0 aliphatic carbocycles. The molecular weight excluding hydrogens is 464 g/mol. The van der Waals surface area contributed by atoms with Crippen LogP contribution in [0.4, 0.5) is 23.2 Å². The third-order valence-corrected chi connectivity index (χ3v) is 6.01. The SMILES string of the molecule is C[C@H](O)C(=O)N1CC=C(c2cc3c(N[C@H](C)c4cccc(C(F)(F)F)c4F)ccnc3cn2)CC1. The molecular formula is C25H24F4N4O2. The predicted molar refractivity (Wildman–Crippen MR) is 124 cm³/mol. The third-order valence-electron chi connectivity index (χ3n) is 6.01. The predicted octanol–water partition coefficient (Wildman–Crippen LogP) is 4.96. The largest absolute Gasteiger partial charge is 0.419 e. The Kier molecular flexibility index (Phi) is 6.75. The lowest BCUT2D eigenvalue weighted by atomic mass is 10.0. The molecule has 1 aliphatic rings. The maximum absolute atomic E-state index is 14.6. The number of carbonyl (C=O) groups is 1. The van der Waals surface area contributed by atoms with Crippen molar-refractivity contribution in [1.82, 2.24) is 14.9 Å². The first-order valence-corrected chi connectivity index (χ1v) is 11.1. The van der Waals surface area contributed by atoms with Crippen LogP contribution in [-0.4, -0.2) is 45.1 Å². The van der Waals surface area contributed by atoms with Crippen LogP contribution in [-0.2, 0) is 11.0 Å². The van der Waals surface area contributed by atoms with Gasteiger partial charge in [-0.1, -0.05) is 18.2 Å². The number of carbonyl (C=O) groups excluding carboxylic acids is 1. The van der Waals surface area contributed by atoms with Crippen LogP contribution in [0.5, 0.6) is 0 Å². The van der Waals surface area contributed by atoms with Gasteiger partial charge in [-0.15, -0.1) is 0 Å². The number of nitrogens with zero attached hydrogens (tertiary/aromatic N) is 3. The van der Waals surface area contributed by atoms with Crippen molar-refractivity contribution in [3.63, 3.8) is 0 Å². The average Bonchev–Trinajstić information content (AvgIpc) is 2.83. The van der Waals surface area contributed by atoms with E-state index in [9.17, 15) is 27.5 Å². The van der Waals surface area contributed by atoms with Gasteiger partial charge in [0.25, 0.3) is 5.91 Å². The fourth-order valence-corrected chi connectivity index (χ4v) is 4.13. The summed E-state index contributed by atoms with van der Waals surface area (Å²) in [6, 6.07) is 5.97. The Hall–Kier alpha value is -3.53. The lowest BCUT2D eigenvalue weighted by molar-refractivity contribution is -0.140. The fraction of sp³-hybridized carbons (Fsp3) is 0.320. The fourth-order valence-electron chi connectivity index (χ4n) is 4.13. The number of alkyl halides is 3. The van der Waals surface area contributed by atoms with Crippen LogP contribution in [0.25, 0.3) is 16.5 Å². The van der Waals surface area contributed by atoms with Gasteiger partial charge in [-0.2, -0.15) is 13.2 Å². The molecule has 184 valence electrons. The van der Waals surface area contributed by atoms with Crippen LogP contribution in [0.3, 0.4) is 0 Å². The Labute approximate surface area is 199 Å². The Balaban J connectivity index is 1.62. The summed E-state index contributed by atoms with van der Waals surface area (Å²) in [5.74, 6) is -1.64. The summed E-state index contributed by atoms with van der Waals surface area (Å²) in [6.07, 6.45) is -0.284. The molecule has 0 spiro atoms. The topological polar surface area (TPSA) is 78.4 Å². The number of fused-ring (bicyclic) bond motifs is 1. The van der Waals surface area contributed by atoms with E-state index in [2.05, 4.69) is 15.3 Å². The maximum Gasteiger partial charge on any atom is 0.419 e. The smallest absolute Gasteiger partial charge is 0.384 e. The summed E-state index contributed by atoms with van der Waals surface area (Å²) in [4.78, 5) is 22.3. The normalized spacial score (nSPS) is 16.1. The van der Waals surface area contributed by atoms with Crippen molar-refractivity contribution >= 4 is 28.1 Å². The summed E-state index contributed by atoms with van der Waals surface area (Å²) in [6.45, 7) is 3.81.